The van der Waals surface area contributed by atoms with E-state index in [1.54, 1.807) is 6.07 Å². The van der Waals surface area contributed by atoms with Crippen molar-refractivity contribution in [1.82, 2.24) is 9.55 Å². The van der Waals surface area contributed by atoms with Crippen molar-refractivity contribution in [3.63, 3.8) is 0 Å². The molecule has 0 saturated heterocycles. The van der Waals surface area contributed by atoms with Gasteiger partial charge in [-0.05, 0) is 54.7 Å². The van der Waals surface area contributed by atoms with Crippen LogP contribution in [-0.4, -0.2) is 9.55 Å². The van der Waals surface area contributed by atoms with Gasteiger partial charge in [0.2, 0.25) is 0 Å². The lowest BCUT2D eigenvalue weighted by Gasteiger charge is -2.02. The molecule has 0 fully saturated rings. The molecule has 0 aliphatic carbocycles. The van der Waals surface area contributed by atoms with Gasteiger partial charge in [0.15, 0.2) is 4.77 Å². The number of aromatic amines is 1. The molecule has 0 saturated carbocycles. The van der Waals surface area contributed by atoms with E-state index >= 15 is 0 Å². The number of aromatic nitrogens is 2. The number of fused-ring (bicyclic) bond motifs is 1. The summed E-state index contributed by atoms with van der Waals surface area (Å²) >= 11 is 7.22. The summed E-state index contributed by atoms with van der Waals surface area (Å²) < 4.78 is 16.7. The van der Waals surface area contributed by atoms with E-state index in [1.165, 1.54) is 11.6 Å². The van der Waals surface area contributed by atoms with Crippen molar-refractivity contribution in [2.45, 2.75) is 20.4 Å². The van der Waals surface area contributed by atoms with E-state index in [0.29, 0.717) is 14.9 Å². The SMILES string of the molecule is CC(C)=CCn1c(=S)[nH]c2cc(I)c(F)cc21. The van der Waals surface area contributed by atoms with Gasteiger partial charge in [-0.25, -0.2) is 4.39 Å². The minimum atomic E-state index is -0.210. The maximum atomic E-state index is 13.6. The van der Waals surface area contributed by atoms with Gasteiger partial charge in [-0.2, -0.15) is 0 Å². The maximum absolute atomic E-state index is 13.6. The molecule has 0 aliphatic heterocycles. The number of hydrogen-bond acceptors (Lipinski definition) is 1. The average Bonchev–Trinajstić information content (AvgIpc) is 2.52. The summed E-state index contributed by atoms with van der Waals surface area (Å²) in [6.07, 6.45) is 2.07. The Morgan fingerprint density at radius 2 is 2.24 bits per heavy atom. The first kappa shape index (κ1) is 12.8. The third-order valence-corrected chi connectivity index (χ3v) is 3.65. The van der Waals surface area contributed by atoms with Crippen molar-refractivity contribution in [3.8, 4) is 0 Å². The summed E-state index contributed by atoms with van der Waals surface area (Å²) in [6, 6.07) is 3.31. The highest BCUT2D eigenvalue weighted by atomic mass is 127. The molecule has 1 heterocycles. The zero-order chi connectivity index (χ0) is 12.6. The molecule has 2 rings (SSSR count). The summed E-state index contributed by atoms with van der Waals surface area (Å²) in [5.74, 6) is -0.210. The highest BCUT2D eigenvalue weighted by molar-refractivity contribution is 14.1. The van der Waals surface area contributed by atoms with Crippen LogP contribution in [0.25, 0.3) is 11.0 Å². The standard InChI is InChI=1S/C12H12FIN2S/c1-7(2)3-4-16-11-5-8(13)9(14)6-10(11)15-12(16)17/h3,5-6H,4H2,1-2H3,(H,15,17). The van der Waals surface area contributed by atoms with Gasteiger partial charge in [-0.15, -0.1) is 0 Å². The Kier molecular flexibility index (Phi) is 3.67. The summed E-state index contributed by atoms with van der Waals surface area (Å²) in [5.41, 5.74) is 2.90. The smallest absolute Gasteiger partial charge is 0.178 e. The largest absolute Gasteiger partial charge is 0.331 e. The van der Waals surface area contributed by atoms with Crippen LogP contribution >= 0.6 is 34.8 Å². The van der Waals surface area contributed by atoms with Crippen LogP contribution in [0.15, 0.2) is 23.8 Å². The molecule has 0 aliphatic rings. The maximum Gasteiger partial charge on any atom is 0.178 e. The van der Waals surface area contributed by atoms with Crippen LogP contribution in [-0.2, 0) is 6.54 Å². The third kappa shape index (κ3) is 2.60. The second-order valence-electron chi connectivity index (χ2n) is 4.11. The van der Waals surface area contributed by atoms with Gasteiger partial charge in [0, 0.05) is 12.6 Å². The van der Waals surface area contributed by atoms with Gasteiger partial charge in [-0.1, -0.05) is 11.6 Å². The fraction of sp³-hybridized carbons (Fsp3) is 0.250. The number of hydrogen-bond donors (Lipinski definition) is 1. The van der Waals surface area contributed by atoms with Crippen molar-refractivity contribution < 1.29 is 4.39 Å². The summed E-state index contributed by atoms with van der Waals surface area (Å²) in [7, 11) is 0. The van der Waals surface area contributed by atoms with E-state index in [1.807, 2.05) is 41.0 Å². The Labute approximate surface area is 118 Å². The highest BCUT2D eigenvalue weighted by Gasteiger charge is 2.07. The van der Waals surface area contributed by atoms with Crippen molar-refractivity contribution in [1.29, 1.82) is 0 Å². The van der Waals surface area contributed by atoms with Crippen LogP contribution in [0.2, 0.25) is 0 Å². The first-order valence-corrected chi connectivity index (χ1v) is 6.68. The number of imidazole rings is 1. The van der Waals surface area contributed by atoms with Crippen LogP contribution < -0.4 is 0 Å². The van der Waals surface area contributed by atoms with E-state index in [4.69, 9.17) is 12.2 Å². The Hall–Kier alpha value is -0.690. The van der Waals surface area contributed by atoms with Gasteiger partial charge in [0.1, 0.15) is 5.82 Å². The lowest BCUT2D eigenvalue weighted by Crippen LogP contribution is -1.96. The van der Waals surface area contributed by atoms with Gasteiger partial charge in [-0.3, -0.25) is 0 Å². The Balaban J connectivity index is 2.63. The van der Waals surface area contributed by atoms with E-state index < -0.39 is 0 Å². The number of allylic oxidation sites excluding steroid dienone is 2. The molecule has 2 aromatic rings. The average molecular weight is 362 g/mol. The fourth-order valence-corrected chi connectivity index (χ4v) is 2.36. The molecule has 1 aromatic heterocycles. The number of rotatable bonds is 2. The number of nitrogens with zero attached hydrogens (tertiary/aromatic N) is 1. The van der Waals surface area contributed by atoms with E-state index in [0.717, 1.165) is 11.0 Å². The normalized spacial score (nSPS) is 10.8. The van der Waals surface area contributed by atoms with Crippen LogP contribution in [0.4, 0.5) is 4.39 Å². The summed E-state index contributed by atoms with van der Waals surface area (Å²) in [5, 5.41) is 0. The molecule has 0 amide bonds. The van der Waals surface area contributed by atoms with Gasteiger partial charge >= 0.3 is 0 Å². The van der Waals surface area contributed by atoms with Crippen molar-refractivity contribution >= 4 is 45.8 Å². The third-order valence-electron chi connectivity index (χ3n) is 2.50. The predicted molar refractivity (Wildman–Crippen MR) is 79.2 cm³/mol. The van der Waals surface area contributed by atoms with Gasteiger partial charge < -0.3 is 9.55 Å². The molecule has 2 nitrogen and oxygen atoms in total. The van der Waals surface area contributed by atoms with E-state index in [2.05, 4.69) is 11.1 Å². The topological polar surface area (TPSA) is 20.7 Å². The number of nitrogens with one attached hydrogen (secondary N) is 1. The minimum absolute atomic E-state index is 0.210. The lowest BCUT2D eigenvalue weighted by atomic mass is 10.3. The summed E-state index contributed by atoms with van der Waals surface area (Å²) in [6.45, 7) is 4.73. The van der Waals surface area contributed by atoms with Gasteiger partial charge in [0.25, 0.3) is 0 Å². The van der Waals surface area contributed by atoms with Crippen molar-refractivity contribution in [2.75, 3.05) is 0 Å². The zero-order valence-corrected chi connectivity index (χ0v) is 12.5. The first-order chi connectivity index (χ1) is 7.99. The van der Waals surface area contributed by atoms with Crippen molar-refractivity contribution in [2.24, 2.45) is 0 Å². The molecule has 0 bridgehead atoms. The zero-order valence-electron chi connectivity index (χ0n) is 9.55. The second-order valence-corrected chi connectivity index (χ2v) is 5.65. The molecule has 1 N–H and O–H groups in total. The molecular formula is C12H12FIN2S. The molecule has 0 atom stereocenters. The molecule has 1 aromatic carbocycles. The molecule has 90 valence electrons. The molecule has 0 unspecified atom stereocenters. The van der Waals surface area contributed by atoms with E-state index in [9.17, 15) is 4.39 Å². The Morgan fingerprint density at radius 1 is 1.53 bits per heavy atom. The fourth-order valence-electron chi connectivity index (χ4n) is 1.61. The molecule has 0 radical (unpaired) electrons. The molecule has 0 spiro atoms. The number of H-pyrrole nitrogens is 1. The number of benzene rings is 1. The lowest BCUT2D eigenvalue weighted by molar-refractivity contribution is 0.621. The second kappa shape index (κ2) is 4.89. The Morgan fingerprint density at radius 3 is 2.88 bits per heavy atom. The molecular weight excluding hydrogens is 350 g/mol. The Bertz CT molecular complexity index is 650. The number of halogens is 2. The first-order valence-electron chi connectivity index (χ1n) is 5.20. The van der Waals surface area contributed by atoms with Gasteiger partial charge in [0.05, 0.1) is 14.6 Å². The quantitative estimate of drug-likeness (QED) is 0.477. The van der Waals surface area contributed by atoms with Crippen LogP contribution in [0.3, 0.4) is 0 Å². The van der Waals surface area contributed by atoms with Crippen LogP contribution in [0, 0.1) is 14.2 Å². The highest BCUT2D eigenvalue weighted by Crippen LogP contribution is 2.20. The summed E-state index contributed by atoms with van der Waals surface area (Å²) in [4.78, 5) is 3.10. The van der Waals surface area contributed by atoms with Crippen molar-refractivity contribution in [3.05, 3.63) is 37.9 Å². The van der Waals surface area contributed by atoms with E-state index in [-0.39, 0.29) is 5.82 Å². The monoisotopic (exact) mass is 362 g/mol. The minimum Gasteiger partial charge on any atom is -0.331 e. The molecule has 17 heavy (non-hydrogen) atoms. The van der Waals surface area contributed by atoms with Crippen LogP contribution in [0.5, 0.6) is 0 Å². The van der Waals surface area contributed by atoms with Crippen LogP contribution in [0.1, 0.15) is 13.8 Å². The molecule has 5 heteroatoms. The predicted octanol–water partition coefficient (Wildman–Crippen LogP) is 4.41.